The quantitative estimate of drug-likeness (QED) is 0.424. The molecule has 0 spiro atoms. The van der Waals surface area contributed by atoms with Crippen LogP contribution in [0.25, 0.3) is 10.6 Å². The first-order valence-corrected chi connectivity index (χ1v) is 13.4. The van der Waals surface area contributed by atoms with Gasteiger partial charge in [-0.25, -0.2) is 4.98 Å². The number of amides is 1. The summed E-state index contributed by atoms with van der Waals surface area (Å²) < 4.78 is 5.23. The van der Waals surface area contributed by atoms with Crippen LogP contribution >= 0.6 is 23.1 Å². The Hall–Kier alpha value is -2.51. The third-order valence-corrected chi connectivity index (χ3v) is 7.81. The average molecular weight is 482 g/mol. The van der Waals surface area contributed by atoms with Gasteiger partial charge >= 0.3 is 0 Å². The normalized spacial score (nSPS) is 14.1. The summed E-state index contributed by atoms with van der Waals surface area (Å²) in [5, 5.41) is 3.15. The van der Waals surface area contributed by atoms with E-state index in [2.05, 4.69) is 60.5 Å². The van der Waals surface area contributed by atoms with E-state index < -0.39 is 0 Å². The van der Waals surface area contributed by atoms with Gasteiger partial charge in [-0.3, -0.25) is 4.79 Å². The maximum absolute atomic E-state index is 12.7. The van der Waals surface area contributed by atoms with Crippen LogP contribution in [0.15, 0.2) is 53.9 Å². The van der Waals surface area contributed by atoms with E-state index >= 15 is 0 Å². The first-order valence-electron chi connectivity index (χ1n) is 11.3. The second-order valence-corrected chi connectivity index (χ2v) is 10.3. The Morgan fingerprint density at radius 3 is 2.39 bits per heavy atom. The molecule has 0 N–H and O–H groups in total. The molecular formula is C26H31N3O2S2. The summed E-state index contributed by atoms with van der Waals surface area (Å²) in [5.74, 6) is 2.87. The van der Waals surface area contributed by atoms with Crippen LogP contribution in [-0.4, -0.2) is 54.8 Å². The molecule has 1 aliphatic rings. The molecule has 4 rings (SSSR count). The summed E-state index contributed by atoms with van der Waals surface area (Å²) in [5.41, 5.74) is 4.72. The first-order chi connectivity index (χ1) is 16.0. The molecule has 33 heavy (non-hydrogen) atoms. The van der Waals surface area contributed by atoms with Crippen molar-refractivity contribution in [3.05, 3.63) is 65.2 Å². The minimum Gasteiger partial charge on any atom is -0.497 e. The summed E-state index contributed by atoms with van der Waals surface area (Å²) >= 11 is 3.32. The Bertz CT molecular complexity index is 1040. The molecule has 1 saturated heterocycles. The molecule has 1 aliphatic heterocycles. The van der Waals surface area contributed by atoms with Gasteiger partial charge in [0.1, 0.15) is 10.8 Å². The van der Waals surface area contributed by atoms with Gasteiger partial charge in [0.2, 0.25) is 5.91 Å². The van der Waals surface area contributed by atoms with Crippen LogP contribution in [-0.2, 0) is 10.5 Å². The highest BCUT2D eigenvalue weighted by Gasteiger charge is 2.21. The molecule has 174 valence electrons. The number of nitrogens with zero attached hydrogens (tertiary/aromatic N) is 3. The van der Waals surface area contributed by atoms with E-state index in [-0.39, 0.29) is 5.91 Å². The van der Waals surface area contributed by atoms with Crippen molar-refractivity contribution in [2.45, 2.75) is 25.5 Å². The molecule has 1 fully saturated rings. The molecular weight excluding hydrogens is 450 g/mol. The van der Waals surface area contributed by atoms with Gasteiger partial charge in [0, 0.05) is 48.6 Å². The number of hydrogen-bond donors (Lipinski definition) is 0. The largest absolute Gasteiger partial charge is 0.497 e. The minimum atomic E-state index is 0.217. The van der Waals surface area contributed by atoms with Gasteiger partial charge in [0.15, 0.2) is 0 Å². The van der Waals surface area contributed by atoms with Crippen LogP contribution in [0.5, 0.6) is 5.75 Å². The molecule has 0 saturated carbocycles. The number of carbonyl (C=O) groups is 1. The second kappa shape index (κ2) is 11.1. The average Bonchev–Trinajstić information content (AvgIpc) is 3.33. The maximum Gasteiger partial charge on any atom is 0.232 e. The zero-order valence-electron chi connectivity index (χ0n) is 19.5. The van der Waals surface area contributed by atoms with Crippen molar-refractivity contribution < 1.29 is 9.53 Å². The number of methoxy groups -OCH3 is 1. The number of thioether (sulfide) groups is 1. The number of hydrogen-bond acceptors (Lipinski definition) is 6. The molecule has 1 aromatic heterocycles. The molecule has 5 nitrogen and oxygen atoms in total. The van der Waals surface area contributed by atoms with E-state index in [0.29, 0.717) is 11.7 Å². The molecule has 0 bridgehead atoms. The fourth-order valence-corrected chi connectivity index (χ4v) is 5.61. The van der Waals surface area contributed by atoms with E-state index in [1.165, 1.54) is 11.3 Å². The predicted molar refractivity (Wildman–Crippen MR) is 140 cm³/mol. The van der Waals surface area contributed by atoms with Gasteiger partial charge in [-0.05, 0) is 35.7 Å². The van der Waals surface area contributed by atoms with Crippen LogP contribution in [0.3, 0.4) is 0 Å². The fourth-order valence-electron chi connectivity index (χ4n) is 3.86. The second-order valence-electron chi connectivity index (χ2n) is 8.48. The highest BCUT2D eigenvalue weighted by Crippen LogP contribution is 2.27. The topological polar surface area (TPSA) is 45.7 Å². The van der Waals surface area contributed by atoms with E-state index in [1.807, 2.05) is 17.0 Å². The van der Waals surface area contributed by atoms with Crippen molar-refractivity contribution in [3.8, 4) is 16.3 Å². The van der Waals surface area contributed by atoms with Gasteiger partial charge in [-0.15, -0.1) is 23.1 Å². The Morgan fingerprint density at radius 1 is 1.06 bits per heavy atom. The molecule has 0 atom stereocenters. The van der Waals surface area contributed by atoms with Crippen LogP contribution in [0.1, 0.15) is 31.0 Å². The Balaban J connectivity index is 1.21. The van der Waals surface area contributed by atoms with Gasteiger partial charge in [0.05, 0.1) is 18.6 Å². The van der Waals surface area contributed by atoms with Crippen LogP contribution in [0.4, 0.5) is 5.69 Å². The van der Waals surface area contributed by atoms with E-state index in [4.69, 9.17) is 9.72 Å². The molecule has 0 unspecified atom stereocenters. The van der Waals surface area contributed by atoms with Crippen LogP contribution in [0, 0.1) is 0 Å². The SMILES string of the molecule is COc1ccc(N2CCN(C(=O)CSCc3csc(-c4ccc(C(C)C)cc4)n3)CC2)cc1. The highest BCUT2D eigenvalue weighted by atomic mass is 32.2. The number of rotatable bonds is 8. The van der Waals surface area contributed by atoms with Gasteiger partial charge in [-0.2, -0.15) is 0 Å². The van der Waals surface area contributed by atoms with E-state index in [9.17, 15) is 4.79 Å². The van der Waals surface area contributed by atoms with Crippen molar-refractivity contribution in [2.24, 2.45) is 0 Å². The maximum atomic E-state index is 12.7. The zero-order valence-corrected chi connectivity index (χ0v) is 21.1. The smallest absolute Gasteiger partial charge is 0.232 e. The number of aromatic nitrogens is 1. The van der Waals surface area contributed by atoms with E-state index in [0.717, 1.165) is 53.9 Å². The lowest BCUT2D eigenvalue weighted by atomic mass is 10.0. The summed E-state index contributed by atoms with van der Waals surface area (Å²) in [6, 6.07) is 16.8. The Labute approximate surface area is 204 Å². The highest BCUT2D eigenvalue weighted by molar-refractivity contribution is 7.99. The lowest BCUT2D eigenvalue weighted by Crippen LogP contribution is -2.49. The number of thiazole rings is 1. The van der Waals surface area contributed by atoms with Gasteiger partial charge in [-0.1, -0.05) is 38.1 Å². The summed E-state index contributed by atoms with van der Waals surface area (Å²) in [6.07, 6.45) is 0. The Kier molecular flexibility index (Phi) is 7.93. The van der Waals surface area contributed by atoms with Gasteiger partial charge < -0.3 is 14.5 Å². The number of benzene rings is 2. The minimum absolute atomic E-state index is 0.217. The number of piperazine rings is 1. The van der Waals surface area contributed by atoms with Gasteiger partial charge in [0.25, 0.3) is 0 Å². The molecule has 1 amide bonds. The monoisotopic (exact) mass is 481 g/mol. The Morgan fingerprint density at radius 2 is 1.76 bits per heavy atom. The molecule has 0 aliphatic carbocycles. The molecule has 0 radical (unpaired) electrons. The van der Waals surface area contributed by atoms with Crippen LogP contribution in [0.2, 0.25) is 0 Å². The first kappa shape index (κ1) is 23.6. The van der Waals surface area contributed by atoms with Crippen molar-refractivity contribution in [1.29, 1.82) is 0 Å². The molecule has 7 heteroatoms. The molecule has 2 heterocycles. The van der Waals surface area contributed by atoms with Crippen molar-refractivity contribution in [2.75, 3.05) is 43.9 Å². The third-order valence-electron chi connectivity index (χ3n) is 5.92. The molecule has 2 aromatic carbocycles. The summed E-state index contributed by atoms with van der Waals surface area (Å²) in [7, 11) is 1.68. The standard InChI is InChI=1S/C26H31N3O2S2/c1-19(2)20-4-6-21(7-5-20)26-27-22(17-33-26)16-32-18-25(30)29-14-12-28(13-15-29)23-8-10-24(31-3)11-9-23/h4-11,17,19H,12-16,18H2,1-3H3. The van der Waals surface area contributed by atoms with E-state index in [1.54, 1.807) is 30.2 Å². The summed E-state index contributed by atoms with van der Waals surface area (Å²) in [6.45, 7) is 7.64. The van der Waals surface area contributed by atoms with Crippen LogP contribution < -0.4 is 9.64 Å². The number of carbonyl (C=O) groups excluding carboxylic acids is 1. The zero-order chi connectivity index (χ0) is 23.2. The lowest BCUT2D eigenvalue weighted by Gasteiger charge is -2.36. The number of anilines is 1. The van der Waals surface area contributed by atoms with Crippen molar-refractivity contribution in [3.63, 3.8) is 0 Å². The molecule has 3 aromatic rings. The predicted octanol–water partition coefficient (Wildman–Crippen LogP) is 5.52. The van der Waals surface area contributed by atoms with Crippen molar-refractivity contribution >= 4 is 34.7 Å². The third kappa shape index (κ3) is 6.09. The fraction of sp³-hybridized carbons (Fsp3) is 0.385. The lowest BCUT2D eigenvalue weighted by molar-refractivity contribution is -0.128. The van der Waals surface area contributed by atoms with Crippen molar-refractivity contribution in [1.82, 2.24) is 9.88 Å². The number of ether oxygens (including phenoxy) is 1. The summed E-state index contributed by atoms with van der Waals surface area (Å²) in [4.78, 5) is 21.8.